The van der Waals surface area contributed by atoms with Crippen LogP contribution >= 0.6 is 22.6 Å². The van der Waals surface area contributed by atoms with Crippen molar-refractivity contribution in [1.29, 1.82) is 0 Å². The lowest BCUT2D eigenvalue weighted by atomic mass is 10.1. The van der Waals surface area contributed by atoms with Crippen molar-refractivity contribution in [2.45, 2.75) is 12.8 Å². The average Bonchev–Trinajstić information content (AvgIpc) is 2.58. The van der Waals surface area contributed by atoms with Crippen LogP contribution in [0.4, 0.5) is 11.4 Å². The fraction of sp³-hybridized carbons (Fsp3) is 0.118. The van der Waals surface area contributed by atoms with Gasteiger partial charge in [0.1, 0.15) is 5.71 Å². The van der Waals surface area contributed by atoms with Crippen LogP contribution in [0.2, 0.25) is 0 Å². The van der Waals surface area contributed by atoms with Gasteiger partial charge in [-0.25, -0.2) is 5.01 Å². The van der Waals surface area contributed by atoms with Gasteiger partial charge in [0.2, 0.25) is 5.91 Å². The summed E-state index contributed by atoms with van der Waals surface area (Å²) in [5.41, 5.74) is 1.76. The van der Waals surface area contributed by atoms with Gasteiger partial charge in [0.05, 0.1) is 11.4 Å². The lowest BCUT2D eigenvalue weighted by Crippen LogP contribution is -2.36. The topological polar surface area (TPSA) is 61.8 Å². The van der Waals surface area contributed by atoms with Crippen molar-refractivity contribution < 1.29 is 9.59 Å². The quantitative estimate of drug-likeness (QED) is 0.776. The van der Waals surface area contributed by atoms with Crippen molar-refractivity contribution >= 4 is 51.5 Å². The largest absolute Gasteiger partial charge is 0.320 e. The summed E-state index contributed by atoms with van der Waals surface area (Å²) in [6.07, 6.45) is 0.616. The van der Waals surface area contributed by atoms with E-state index in [0.717, 1.165) is 9.26 Å². The number of nitrogens with zero attached hydrogens (tertiary/aromatic N) is 2. The van der Waals surface area contributed by atoms with Gasteiger partial charge in [-0.2, -0.15) is 5.10 Å². The second kappa shape index (κ2) is 6.91. The number of anilines is 2. The van der Waals surface area contributed by atoms with E-state index < -0.39 is 0 Å². The van der Waals surface area contributed by atoms with E-state index in [4.69, 9.17) is 0 Å². The van der Waals surface area contributed by atoms with Crippen molar-refractivity contribution in [3.05, 3.63) is 58.2 Å². The number of amides is 2. The highest BCUT2D eigenvalue weighted by molar-refractivity contribution is 14.1. The van der Waals surface area contributed by atoms with Gasteiger partial charge in [0.15, 0.2) is 0 Å². The molecule has 0 atom stereocenters. The first-order valence-electron chi connectivity index (χ1n) is 7.16. The Balaban J connectivity index is 1.83. The Labute approximate surface area is 147 Å². The van der Waals surface area contributed by atoms with Gasteiger partial charge in [-0.3, -0.25) is 9.59 Å². The minimum Gasteiger partial charge on any atom is -0.320 e. The molecule has 6 heteroatoms. The third-order valence-corrected chi connectivity index (χ3v) is 4.36. The van der Waals surface area contributed by atoms with Crippen molar-refractivity contribution in [1.82, 2.24) is 0 Å². The molecule has 2 aromatic carbocycles. The second-order valence-corrected chi connectivity index (χ2v) is 6.18. The fourth-order valence-electron chi connectivity index (χ4n) is 2.24. The SMILES string of the molecule is O=C(Nc1ccccc1I)C1=NN(c2ccccc2)C(=O)CC1. The lowest BCUT2D eigenvalue weighted by Gasteiger charge is -2.23. The summed E-state index contributed by atoms with van der Waals surface area (Å²) in [7, 11) is 0. The van der Waals surface area contributed by atoms with Gasteiger partial charge in [-0.1, -0.05) is 30.3 Å². The van der Waals surface area contributed by atoms with Crippen LogP contribution in [0.1, 0.15) is 12.8 Å². The minimum atomic E-state index is -0.275. The maximum atomic E-state index is 12.4. The maximum Gasteiger partial charge on any atom is 0.271 e. The molecule has 2 amide bonds. The van der Waals surface area contributed by atoms with E-state index in [-0.39, 0.29) is 18.2 Å². The molecule has 0 fully saturated rings. The monoisotopic (exact) mass is 419 g/mol. The molecular weight excluding hydrogens is 405 g/mol. The van der Waals surface area contributed by atoms with E-state index in [1.165, 1.54) is 5.01 Å². The highest BCUT2D eigenvalue weighted by Gasteiger charge is 2.25. The third-order valence-electron chi connectivity index (χ3n) is 3.42. The van der Waals surface area contributed by atoms with E-state index in [0.29, 0.717) is 17.8 Å². The van der Waals surface area contributed by atoms with E-state index in [2.05, 4.69) is 33.0 Å². The van der Waals surface area contributed by atoms with Crippen molar-refractivity contribution in [2.24, 2.45) is 5.10 Å². The molecule has 0 spiro atoms. The van der Waals surface area contributed by atoms with Crippen LogP contribution in [0.15, 0.2) is 59.7 Å². The van der Waals surface area contributed by atoms with Gasteiger partial charge in [0, 0.05) is 16.4 Å². The number of para-hydroxylation sites is 2. The molecular formula is C17H14IN3O2. The van der Waals surface area contributed by atoms with Crippen LogP contribution < -0.4 is 10.3 Å². The first-order chi connectivity index (χ1) is 11.1. The number of halogens is 1. The second-order valence-electron chi connectivity index (χ2n) is 5.02. The Morgan fingerprint density at radius 3 is 2.48 bits per heavy atom. The normalized spacial score (nSPS) is 14.4. The highest BCUT2D eigenvalue weighted by atomic mass is 127. The van der Waals surface area contributed by atoms with Crippen LogP contribution in [0.25, 0.3) is 0 Å². The zero-order valence-electron chi connectivity index (χ0n) is 12.2. The Morgan fingerprint density at radius 1 is 1.04 bits per heavy atom. The predicted molar refractivity (Wildman–Crippen MR) is 98.4 cm³/mol. The molecule has 1 N–H and O–H groups in total. The van der Waals surface area contributed by atoms with Crippen LogP contribution in [0, 0.1) is 3.57 Å². The van der Waals surface area contributed by atoms with Crippen molar-refractivity contribution in [3.8, 4) is 0 Å². The minimum absolute atomic E-state index is 0.109. The first-order valence-corrected chi connectivity index (χ1v) is 8.24. The van der Waals surface area contributed by atoms with Crippen molar-refractivity contribution in [3.63, 3.8) is 0 Å². The smallest absolute Gasteiger partial charge is 0.271 e. The average molecular weight is 419 g/mol. The molecule has 1 aliphatic heterocycles. The number of rotatable bonds is 3. The van der Waals surface area contributed by atoms with Gasteiger partial charge < -0.3 is 5.32 Å². The van der Waals surface area contributed by atoms with Crippen LogP contribution in [0.5, 0.6) is 0 Å². The number of benzene rings is 2. The molecule has 0 saturated carbocycles. The molecule has 5 nitrogen and oxygen atoms in total. The molecule has 2 aromatic rings. The Hall–Kier alpha value is -2.22. The lowest BCUT2D eigenvalue weighted by molar-refractivity contribution is -0.118. The predicted octanol–water partition coefficient (Wildman–Crippen LogP) is 3.41. The molecule has 0 saturated heterocycles. The number of hydrogen-bond acceptors (Lipinski definition) is 3. The first kappa shape index (κ1) is 15.7. The van der Waals surface area contributed by atoms with Gasteiger partial charge >= 0.3 is 0 Å². The maximum absolute atomic E-state index is 12.4. The van der Waals surface area contributed by atoms with Crippen LogP contribution in [-0.4, -0.2) is 17.5 Å². The summed E-state index contributed by atoms with van der Waals surface area (Å²) in [5, 5.41) is 8.40. The Morgan fingerprint density at radius 2 is 1.74 bits per heavy atom. The summed E-state index contributed by atoms with van der Waals surface area (Å²) in [5.74, 6) is -0.385. The number of carbonyl (C=O) groups excluding carboxylic acids is 2. The molecule has 23 heavy (non-hydrogen) atoms. The third kappa shape index (κ3) is 3.58. The molecule has 1 heterocycles. The molecule has 3 rings (SSSR count). The van der Waals surface area contributed by atoms with Gasteiger partial charge in [-0.15, -0.1) is 0 Å². The molecule has 0 bridgehead atoms. The molecule has 0 unspecified atom stereocenters. The molecule has 116 valence electrons. The standard InChI is InChI=1S/C17H14IN3O2/c18-13-8-4-5-9-14(13)19-17(23)15-10-11-16(22)21(20-15)12-6-2-1-3-7-12/h1-9H,10-11H2,(H,19,23). The van der Waals surface area contributed by atoms with Crippen molar-refractivity contribution in [2.75, 3.05) is 10.3 Å². The van der Waals surface area contributed by atoms with E-state index in [1.54, 1.807) is 12.1 Å². The van der Waals surface area contributed by atoms with Crippen LogP contribution in [-0.2, 0) is 9.59 Å². The van der Waals surface area contributed by atoms with E-state index >= 15 is 0 Å². The number of nitrogens with one attached hydrogen (secondary N) is 1. The number of carbonyl (C=O) groups is 2. The summed E-state index contributed by atoms with van der Waals surface area (Å²) in [6.45, 7) is 0. The molecule has 0 aliphatic carbocycles. The molecule has 1 aliphatic rings. The number of hydrogen-bond donors (Lipinski definition) is 1. The summed E-state index contributed by atoms with van der Waals surface area (Å²) < 4.78 is 0.950. The zero-order chi connectivity index (χ0) is 16.2. The van der Waals surface area contributed by atoms with Gasteiger partial charge in [0.25, 0.3) is 5.91 Å². The summed E-state index contributed by atoms with van der Waals surface area (Å²) in [4.78, 5) is 24.5. The zero-order valence-corrected chi connectivity index (χ0v) is 14.4. The van der Waals surface area contributed by atoms with E-state index in [9.17, 15) is 9.59 Å². The van der Waals surface area contributed by atoms with E-state index in [1.807, 2.05) is 42.5 Å². The fourth-order valence-corrected chi connectivity index (χ4v) is 2.77. The summed E-state index contributed by atoms with van der Waals surface area (Å²) >= 11 is 2.16. The number of hydrazone groups is 1. The summed E-state index contributed by atoms with van der Waals surface area (Å²) in [6, 6.07) is 16.6. The van der Waals surface area contributed by atoms with Crippen LogP contribution in [0.3, 0.4) is 0 Å². The Bertz CT molecular complexity index is 774. The molecule has 0 aromatic heterocycles. The Kier molecular flexibility index (Phi) is 4.71. The highest BCUT2D eigenvalue weighted by Crippen LogP contribution is 2.21. The molecule has 0 radical (unpaired) electrons. The van der Waals surface area contributed by atoms with Gasteiger partial charge in [-0.05, 0) is 46.9 Å².